The second kappa shape index (κ2) is 12.3. The summed E-state index contributed by atoms with van der Waals surface area (Å²) in [6, 6.07) is 49.3. The number of benzene rings is 5. The van der Waals surface area contributed by atoms with E-state index in [0.717, 1.165) is 59.4 Å². The largest absolute Gasteiger partial charge is 0.245 e. The fraction of sp³-hybridized carbons (Fsp3) is 0. The normalized spacial score (nSPS) is 11.3. The van der Waals surface area contributed by atoms with E-state index < -0.39 is 0 Å². The molecule has 0 saturated heterocycles. The van der Waals surface area contributed by atoms with Crippen molar-refractivity contribution >= 4 is 31.8 Å². The average Bonchev–Trinajstić information content (AvgIpc) is 3.56. The molecule has 0 N–H and O–H groups in total. The van der Waals surface area contributed by atoms with Gasteiger partial charge in [-0.3, -0.25) is 0 Å². The molecule has 0 bridgehead atoms. The van der Waals surface area contributed by atoms with Gasteiger partial charge in [0.1, 0.15) is 4.83 Å². The SMILES string of the molecule is c1ccc(-c2ccc(-c3ncc4sc5ncc(-c6ccc(-c7nc(-c8ccccc8)nc(-c8ccccc8)n7)cc6)cc5c4n3)cc2)cc1. The number of fused-ring (bicyclic) bond motifs is 3. The van der Waals surface area contributed by atoms with Crippen molar-refractivity contribution in [3.05, 3.63) is 158 Å². The molecule has 0 aliphatic heterocycles. The monoisotopic (exact) mass is 646 g/mol. The summed E-state index contributed by atoms with van der Waals surface area (Å²) in [5.41, 5.74) is 9.09. The standard InChI is InChI=1S/C42H26N6S/c1-4-10-27(11-5-1)28-16-20-32(21-17-28)38-43-26-36-37(45-38)35-24-34(25-44-42(35)49-36)29-18-22-33(23-19-29)41-47-39(30-12-6-2-7-13-30)46-40(48-41)31-14-8-3-9-15-31/h1-26H. The third kappa shape index (κ3) is 5.62. The molecule has 0 spiro atoms. The van der Waals surface area contributed by atoms with Gasteiger partial charge in [0.2, 0.25) is 0 Å². The quantitative estimate of drug-likeness (QED) is 0.179. The number of aromatic nitrogens is 6. The first-order chi connectivity index (χ1) is 24.2. The molecule has 9 aromatic rings. The summed E-state index contributed by atoms with van der Waals surface area (Å²) in [7, 11) is 0. The second-order valence-electron chi connectivity index (χ2n) is 11.6. The van der Waals surface area contributed by atoms with Gasteiger partial charge in [0.25, 0.3) is 0 Å². The Hall–Kier alpha value is -6.44. The van der Waals surface area contributed by atoms with E-state index in [-0.39, 0.29) is 0 Å². The number of hydrogen-bond acceptors (Lipinski definition) is 7. The molecule has 5 aromatic carbocycles. The summed E-state index contributed by atoms with van der Waals surface area (Å²) in [5.74, 6) is 2.60. The Balaban J connectivity index is 1.05. The predicted molar refractivity (Wildman–Crippen MR) is 199 cm³/mol. The van der Waals surface area contributed by atoms with Crippen LogP contribution in [0, 0.1) is 0 Å². The summed E-state index contributed by atoms with van der Waals surface area (Å²) >= 11 is 1.61. The number of nitrogens with zero attached hydrogens (tertiary/aromatic N) is 6. The van der Waals surface area contributed by atoms with Gasteiger partial charge in [0.15, 0.2) is 23.3 Å². The second-order valence-corrected chi connectivity index (χ2v) is 12.7. The highest BCUT2D eigenvalue weighted by molar-refractivity contribution is 7.25. The predicted octanol–water partition coefficient (Wildman–Crippen LogP) is 10.4. The van der Waals surface area contributed by atoms with Crippen LogP contribution in [0.25, 0.3) is 88.2 Å². The lowest BCUT2D eigenvalue weighted by Crippen LogP contribution is -2.00. The highest BCUT2D eigenvalue weighted by Gasteiger charge is 2.15. The van der Waals surface area contributed by atoms with E-state index in [4.69, 9.17) is 29.9 Å². The Morgan fingerprint density at radius 1 is 0.347 bits per heavy atom. The van der Waals surface area contributed by atoms with Crippen LogP contribution in [0.4, 0.5) is 0 Å². The van der Waals surface area contributed by atoms with Gasteiger partial charge >= 0.3 is 0 Å². The third-order valence-electron chi connectivity index (χ3n) is 8.49. The van der Waals surface area contributed by atoms with Crippen LogP contribution >= 0.6 is 11.3 Å². The van der Waals surface area contributed by atoms with Gasteiger partial charge in [-0.2, -0.15) is 0 Å². The number of pyridine rings is 1. The van der Waals surface area contributed by atoms with Gasteiger partial charge < -0.3 is 0 Å². The molecule has 0 amide bonds. The topological polar surface area (TPSA) is 77.3 Å². The van der Waals surface area contributed by atoms with E-state index in [1.54, 1.807) is 11.3 Å². The zero-order chi connectivity index (χ0) is 32.6. The molecule has 0 saturated carbocycles. The van der Waals surface area contributed by atoms with Crippen molar-refractivity contribution in [2.75, 3.05) is 0 Å². The van der Waals surface area contributed by atoms with E-state index in [1.807, 2.05) is 79.1 Å². The Morgan fingerprint density at radius 2 is 0.776 bits per heavy atom. The van der Waals surface area contributed by atoms with Gasteiger partial charge in [-0.1, -0.05) is 140 Å². The van der Waals surface area contributed by atoms with Crippen LogP contribution in [-0.4, -0.2) is 29.9 Å². The molecule has 0 aliphatic carbocycles. The first-order valence-corrected chi connectivity index (χ1v) is 16.8. The van der Waals surface area contributed by atoms with Gasteiger partial charge in [-0.05, 0) is 22.8 Å². The van der Waals surface area contributed by atoms with Crippen LogP contribution in [0.1, 0.15) is 0 Å². The molecule has 0 atom stereocenters. The molecule has 0 aliphatic rings. The van der Waals surface area contributed by atoms with Gasteiger partial charge in [0, 0.05) is 45.6 Å². The molecule has 0 radical (unpaired) electrons. The van der Waals surface area contributed by atoms with Crippen molar-refractivity contribution in [1.29, 1.82) is 0 Å². The van der Waals surface area contributed by atoms with Crippen LogP contribution in [0.3, 0.4) is 0 Å². The van der Waals surface area contributed by atoms with Crippen molar-refractivity contribution in [2.24, 2.45) is 0 Å². The van der Waals surface area contributed by atoms with Crippen LogP contribution in [0.15, 0.2) is 158 Å². The highest BCUT2D eigenvalue weighted by atomic mass is 32.1. The molecular weight excluding hydrogens is 621 g/mol. The molecule has 230 valence electrons. The summed E-state index contributed by atoms with van der Waals surface area (Å²) in [6.07, 6.45) is 3.83. The smallest absolute Gasteiger partial charge is 0.164 e. The maximum absolute atomic E-state index is 5.03. The lowest BCUT2D eigenvalue weighted by Gasteiger charge is -2.09. The van der Waals surface area contributed by atoms with Crippen LogP contribution < -0.4 is 0 Å². The van der Waals surface area contributed by atoms with E-state index in [1.165, 1.54) is 5.56 Å². The molecule has 0 unspecified atom stereocenters. The zero-order valence-corrected chi connectivity index (χ0v) is 26.9. The Morgan fingerprint density at radius 3 is 1.33 bits per heavy atom. The van der Waals surface area contributed by atoms with Gasteiger partial charge in [-0.25, -0.2) is 29.9 Å². The van der Waals surface area contributed by atoms with Crippen LogP contribution in [0.5, 0.6) is 0 Å². The molecule has 4 aromatic heterocycles. The van der Waals surface area contributed by atoms with Gasteiger partial charge in [-0.15, -0.1) is 11.3 Å². The molecule has 0 fully saturated rings. The molecule has 7 heteroatoms. The third-order valence-corrected chi connectivity index (χ3v) is 9.53. The van der Waals surface area contributed by atoms with Crippen molar-refractivity contribution in [3.63, 3.8) is 0 Å². The Bertz CT molecular complexity index is 2510. The van der Waals surface area contributed by atoms with Crippen LogP contribution in [0.2, 0.25) is 0 Å². The van der Waals surface area contributed by atoms with E-state index in [2.05, 4.69) is 78.9 Å². The average molecular weight is 647 g/mol. The zero-order valence-electron chi connectivity index (χ0n) is 26.1. The van der Waals surface area contributed by atoms with Gasteiger partial charge in [0.05, 0.1) is 10.2 Å². The molecule has 49 heavy (non-hydrogen) atoms. The number of thiophene rings is 1. The van der Waals surface area contributed by atoms with Crippen molar-refractivity contribution < 1.29 is 0 Å². The van der Waals surface area contributed by atoms with E-state index in [9.17, 15) is 0 Å². The molecule has 6 nitrogen and oxygen atoms in total. The lowest BCUT2D eigenvalue weighted by atomic mass is 10.0. The summed E-state index contributed by atoms with van der Waals surface area (Å²) < 4.78 is 1.01. The van der Waals surface area contributed by atoms with Crippen molar-refractivity contribution in [1.82, 2.24) is 29.9 Å². The summed E-state index contributed by atoms with van der Waals surface area (Å²) in [4.78, 5) is 30.1. The Labute approximate surface area is 286 Å². The van der Waals surface area contributed by atoms with E-state index in [0.29, 0.717) is 23.3 Å². The minimum atomic E-state index is 0.623. The maximum atomic E-state index is 5.03. The summed E-state index contributed by atoms with van der Waals surface area (Å²) in [5, 5.41) is 1.02. The molecule has 4 heterocycles. The Kier molecular flexibility index (Phi) is 7.22. The fourth-order valence-corrected chi connectivity index (χ4v) is 6.87. The number of hydrogen-bond donors (Lipinski definition) is 0. The maximum Gasteiger partial charge on any atom is 0.164 e. The van der Waals surface area contributed by atoms with Crippen molar-refractivity contribution in [2.45, 2.75) is 0 Å². The van der Waals surface area contributed by atoms with Crippen LogP contribution in [-0.2, 0) is 0 Å². The first-order valence-electron chi connectivity index (χ1n) is 15.9. The first kappa shape index (κ1) is 28.8. The van der Waals surface area contributed by atoms with Crippen molar-refractivity contribution in [3.8, 4) is 67.8 Å². The fourth-order valence-electron chi connectivity index (χ4n) is 5.93. The van der Waals surface area contributed by atoms with E-state index >= 15 is 0 Å². The number of rotatable bonds is 6. The minimum Gasteiger partial charge on any atom is -0.245 e. The summed E-state index contributed by atoms with van der Waals surface area (Å²) in [6.45, 7) is 0. The molecule has 9 rings (SSSR count). The molecular formula is C42H26N6S. The minimum absolute atomic E-state index is 0.623. The highest BCUT2D eigenvalue weighted by Crippen LogP contribution is 2.35. The lowest BCUT2D eigenvalue weighted by molar-refractivity contribution is 1.07.